The maximum Gasteiger partial charge on any atom is 0.272 e. The van der Waals surface area contributed by atoms with Gasteiger partial charge in [-0.3, -0.25) is 9.48 Å². The van der Waals surface area contributed by atoms with Gasteiger partial charge in [0.1, 0.15) is 28.3 Å². The molecule has 1 amide bonds. The van der Waals surface area contributed by atoms with E-state index in [-0.39, 0.29) is 29.7 Å². The number of likely N-dealkylation sites (tertiary alicyclic amines) is 1. The van der Waals surface area contributed by atoms with Crippen LogP contribution in [0, 0.1) is 17.7 Å². The van der Waals surface area contributed by atoms with Crippen LogP contribution in [0.15, 0.2) is 54.0 Å². The molecule has 37 heavy (non-hydrogen) atoms. The molecule has 1 aliphatic carbocycles. The molecule has 3 atom stereocenters. The minimum Gasteiger partial charge on any atom is -0.474 e. The van der Waals surface area contributed by atoms with Gasteiger partial charge in [0.2, 0.25) is 5.88 Å². The van der Waals surface area contributed by atoms with Gasteiger partial charge < -0.3 is 15.4 Å². The molecule has 3 aromatic heterocycles. The van der Waals surface area contributed by atoms with E-state index in [0.29, 0.717) is 36.1 Å². The molecule has 1 unspecified atom stereocenters. The Morgan fingerprint density at radius 2 is 1.86 bits per heavy atom. The van der Waals surface area contributed by atoms with E-state index in [0.717, 1.165) is 16.1 Å². The molecule has 4 aromatic rings. The van der Waals surface area contributed by atoms with Crippen molar-refractivity contribution in [3.8, 4) is 27.8 Å². The number of hydrogen-bond acceptors (Lipinski definition) is 7. The Morgan fingerprint density at radius 1 is 1.14 bits per heavy atom. The van der Waals surface area contributed by atoms with E-state index >= 15 is 0 Å². The van der Waals surface area contributed by atoms with Crippen LogP contribution >= 0.6 is 11.3 Å². The fraction of sp³-hybridized carbons (Fsp3) is 0.333. The molecule has 0 spiro atoms. The number of pyridine rings is 1. The molecule has 1 aliphatic heterocycles. The number of carbonyl (C=O) groups is 1. The van der Waals surface area contributed by atoms with Crippen LogP contribution in [-0.2, 0) is 12.6 Å². The first kappa shape index (κ1) is 23.7. The second kappa shape index (κ2) is 8.74. The van der Waals surface area contributed by atoms with E-state index in [9.17, 15) is 9.18 Å². The van der Waals surface area contributed by atoms with Crippen LogP contribution in [0.3, 0.4) is 0 Å². The molecule has 4 heterocycles. The standard InChI is InChI=1S/C27H27FN6O2S/c1-27(2,29)16-10-20(15-4-6-17(28)7-5-15)31-23(11-16)36-24-18-13-34(14-19(18)24)26(35)22-12-21(32-33(22)3)25-30-8-9-37-25/h4-12,18-19,24H,13-14,29H2,1-3H3/t18-,19+,24?. The van der Waals surface area contributed by atoms with Gasteiger partial charge in [0, 0.05) is 60.7 Å². The molecule has 6 rings (SSSR count). The third kappa shape index (κ3) is 4.51. The van der Waals surface area contributed by atoms with Gasteiger partial charge in [-0.15, -0.1) is 11.3 Å². The van der Waals surface area contributed by atoms with Crippen molar-refractivity contribution in [3.05, 3.63) is 71.1 Å². The lowest BCUT2D eigenvalue weighted by Gasteiger charge is -2.22. The van der Waals surface area contributed by atoms with E-state index in [1.165, 1.54) is 23.5 Å². The summed E-state index contributed by atoms with van der Waals surface area (Å²) in [6, 6.07) is 11.8. The highest BCUT2D eigenvalue weighted by Gasteiger charge is 2.59. The lowest BCUT2D eigenvalue weighted by molar-refractivity contribution is 0.0740. The van der Waals surface area contributed by atoms with Crippen molar-refractivity contribution in [1.29, 1.82) is 0 Å². The number of rotatable bonds is 6. The molecule has 1 saturated carbocycles. The highest BCUT2D eigenvalue weighted by Crippen LogP contribution is 2.48. The summed E-state index contributed by atoms with van der Waals surface area (Å²) in [5, 5.41) is 7.15. The Balaban J connectivity index is 1.16. The van der Waals surface area contributed by atoms with Crippen molar-refractivity contribution in [1.82, 2.24) is 24.6 Å². The fourth-order valence-electron chi connectivity index (χ4n) is 4.94. The second-order valence-corrected chi connectivity index (χ2v) is 11.2. The summed E-state index contributed by atoms with van der Waals surface area (Å²) >= 11 is 1.49. The van der Waals surface area contributed by atoms with Crippen LogP contribution in [0.5, 0.6) is 5.88 Å². The van der Waals surface area contributed by atoms with E-state index in [2.05, 4.69) is 10.1 Å². The van der Waals surface area contributed by atoms with Crippen molar-refractivity contribution in [2.45, 2.75) is 25.5 Å². The SMILES string of the molecule is Cn1nc(-c2nccs2)cc1C(=O)N1C[C@@H]2C(Oc3cc(C(C)(C)N)cc(-c4ccc(F)cc4)n3)[C@@H]2C1. The summed E-state index contributed by atoms with van der Waals surface area (Å²) in [5.41, 5.74) is 9.40. The number of carbonyl (C=O) groups excluding carboxylic acids is 1. The van der Waals surface area contributed by atoms with Crippen molar-refractivity contribution in [3.63, 3.8) is 0 Å². The normalized spacial score (nSPS) is 20.7. The monoisotopic (exact) mass is 518 g/mol. The van der Waals surface area contributed by atoms with Crippen LogP contribution in [0.1, 0.15) is 29.9 Å². The molecular formula is C27H27FN6O2S. The van der Waals surface area contributed by atoms with Gasteiger partial charge in [0.25, 0.3) is 5.91 Å². The molecule has 2 aliphatic rings. The summed E-state index contributed by atoms with van der Waals surface area (Å²) in [6.45, 7) is 5.10. The Kier molecular flexibility index (Phi) is 5.61. The molecule has 8 nitrogen and oxygen atoms in total. The van der Waals surface area contributed by atoms with E-state index < -0.39 is 5.54 Å². The third-order valence-corrected chi connectivity index (χ3v) is 7.89. The number of nitrogens with zero attached hydrogens (tertiary/aromatic N) is 5. The predicted octanol–water partition coefficient (Wildman–Crippen LogP) is 4.09. The number of piperidine rings is 1. The lowest BCUT2D eigenvalue weighted by Crippen LogP contribution is -2.34. The maximum atomic E-state index is 13.4. The first-order valence-electron chi connectivity index (χ1n) is 12.1. The van der Waals surface area contributed by atoms with Gasteiger partial charge in [0.05, 0.1) is 5.69 Å². The molecule has 0 radical (unpaired) electrons. The van der Waals surface area contributed by atoms with E-state index in [4.69, 9.17) is 15.5 Å². The molecule has 2 N–H and O–H groups in total. The van der Waals surface area contributed by atoms with Crippen molar-refractivity contribution in [2.24, 2.45) is 24.6 Å². The summed E-state index contributed by atoms with van der Waals surface area (Å²) in [7, 11) is 1.78. The number of aromatic nitrogens is 4. The zero-order valence-corrected chi connectivity index (χ0v) is 21.6. The maximum absolute atomic E-state index is 13.4. The van der Waals surface area contributed by atoms with Crippen molar-refractivity contribution in [2.75, 3.05) is 13.1 Å². The van der Waals surface area contributed by atoms with Gasteiger partial charge in [-0.1, -0.05) is 0 Å². The van der Waals surface area contributed by atoms with Crippen LogP contribution in [0.4, 0.5) is 4.39 Å². The number of halogens is 1. The largest absolute Gasteiger partial charge is 0.474 e. The molecule has 10 heteroatoms. The molecule has 1 saturated heterocycles. The highest BCUT2D eigenvalue weighted by atomic mass is 32.1. The van der Waals surface area contributed by atoms with Crippen LogP contribution in [-0.4, -0.2) is 49.7 Å². The third-order valence-electron chi connectivity index (χ3n) is 7.10. The Hall–Kier alpha value is -3.63. The van der Waals surface area contributed by atoms with Gasteiger partial charge in [0.15, 0.2) is 0 Å². The van der Waals surface area contributed by atoms with E-state index in [1.807, 2.05) is 36.3 Å². The summed E-state index contributed by atoms with van der Waals surface area (Å²) < 4.78 is 21.4. The Labute approximate surface area is 217 Å². The van der Waals surface area contributed by atoms with Crippen LogP contribution in [0.2, 0.25) is 0 Å². The summed E-state index contributed by atoms with van der Waals surface area (Å²) in [4.78, 5) is 24.1. The molecule has 0 bridgehead atoms. The molecule has 1 aromatic carbocycles. The Morgan fingerprint density at radius 3 is 2.51 bits per heavy atom. The smallest absolute Gasteiger partial charge is 0.272 e. The minimum atomic E-state index is -0.598. The average molecular weight is 519 g/mol. The van der Waals surface area contributed by atoms with Crippen LogP contribution in [0.25, 0.3) is 22.0 Å². The van der Waals surface area contributed by atoms with E-state index in [1.54, 1.807) is 36.1 Å². The van der Waals surface area contributed by atoms with Gasteiger partial charge in [-0.05, 0) is 55.8 Å². The summed E-state index contributed by atoms with van der Waals surface area (Å²) in [5.74, 6) is 0.660. The second-order valence-electron chi connectivity index (χ2n) is 10.3. The predicted molar refractivity (Wildman–Crippen MR) is 138 cm³/mol. The number of hydrogen-bond donors (Lipinski definition) is 1. The summed E-state index contributed by atoms with van der Waals surface area (Å²) in [6.07, 6.45) is 1.72. The van der Waals surface area contributed by atoms with Gasteiger partial charge >= 0.3 is 0 Å². The number of benzene rings is 1. The minimum absolute atomic E-state index is 0.00817. The molecule has 2 fully saturated rings. The zero-order valence-electron chi connectivity index (χ0n) is 20.8. The lowest BCUT2D eigenvalue weighted by atomic mass is 9.95. The number of fused-ring (bicyclic) bond motifs is 1. The topological polar surface area (TPSA) is 99.2 Å². The number of thiazole rings is 1. The van der Waals surface area contributed by atoms with Crippen molar-refractivity contribution >= 4 is 17.2 Å². The molecule has 190 valence electrons. The first-order chi connectivity index (χ1) is 17.7. The molecular weight excluding hydrogens is 491 g/mol. The van der Waals surface area contributed by atoms with Gasteiger partial charge in [-0.25, -0.2) is 14.4 Å². The average Bonchev–Trinajstić information content (AvgIpc) is 3.36. The quantitative estimate of drug-likeness (QED) is 0.413. The van der Waals surface area contributed by atoms with Gasteiger partial charge in [-0.2, -0.15) is 5.10 Å². The highest BCUT2D eigenvalue weighted by molar-refractivity contribution is 7.13. The van der Waals surface area contributed by atoms with Crippen molar-refractivity contribution < 1.29 is 13.9 Å². The number of nitrogens with two attached hydrogens (primary N) is 1. The fourth-order valence-corrected chi connectivity index (χ4v) is 5.53. The number of ether oxygens (including phenoxy) is 1. The number of amides is 1. The zero-order chi connectivity index (χ0) is 25.9. The van der Waals surface area contributed by atoms with Crippen LogP contribution < -0.4 is 10.5 Å². The Bertz CT molecular complexity index is 1450. The number of aryl methyl sites for hydroxylation is 1. The first-order valence-corrected chi connectivity index (χ1v) is 13.0.